The van der Waals surface area contributed by atoms with Crippen molar-refractivity contribution in [1.29, 1.82) is 0 Å². The van der Waals surface area contributed by atoms with Crippen LogP contribution < -0.4 is 0 Å². The second-order valence-corrected chi connectivity index (χ2v) is 10.00. The number of aromatic nitrogens is 2. The predicted octanol–water partition coefficient (Wildman–Crippen LogP) is 4.14. The van der Waals surface area contributed by atoms with Crippen LogP contribution in [0.3, 0.4) is 0 Å². The zero-order valence-electron chi connectivity index (χ0n) is 18.4. The average Bonchev–Trinajstić information content (AvgIpc) is 3.18. The Bertz CT molecular complexity index is 986. The second kappa shape index (κ2) is 8.81. The van der Waals surface area contributed by atoms with Gasteiger partial charge in [-0.1, -0.05) is 38.2 Å². The highest BCUT2D eigenvalue weighted by Crippen LogP contribution is 2.26. The Hall–Kier alpha value is -1.96. The zero-order valence-corrected chi connectivity index (χ0v) is 19.2. The van der Waals surface area contributed by atoms with Gasteiger partial charge in [-0.25, -0.2) is 4.98 Å². The first-order valence-corrected chi connectivity index (χ1v) is 10.8. The molecule has 7 heteroatoms. The van der Waals surface area contributed by atoms with E-state index in [1.165, 1.54) is 16.9 Å². The lowest BCUT2D eigenvalue weighted by molar-refractivity contribution is 0.0750. The van der Waals surface area contributed by atoms with E-state index in [0.717, 1.165) is 47.0 Å². The van der Waals surface area contributed by atoms with Gasteiger partial charge in [-0.05, 0) is 36.6 Å². The van der Waals surface area contributed by atoms with Crippen LogP contribution in [0.2, 0.25) is 0 Å². The summed E-state index contributed by atoms with van der Waals surface area (Å²) in [7, 11) is 5.73. The molecule has 0 saturated carbocycles. The SMILES string of the molecule is COCCCN(C)Cc1ccc2nc3sc(C(=O)N(C)CC(C)(C)C)cn3c2c1. The van der Waals surface area contributed by atoms with Gasteiger partial charge in [0.05, 0.1) is 11.0 Å². The third kappa shape index (κ3) is 5.35. The van der Waals surface area contributed by atoms with Crippen LogP contribution in [0.15, 0.2) is 24.4 Å². The van der Waals surface area contributed by atoms with E-state index < -0.39 is 0 Å². The molecular weight excluding hydrogens is 384 g/mol. The predicted molar refractivity (Wildman–Crippen MR) is 120 cm³/mol. The molecule has 0 atom stereocenters. The van der Waals surface area contributed by atoms with Crippen molar-refractivity contribution >= 4 is 33.2 Å². The number of thiazole rings is 1. The number of imidazole rings is 1. The third-order valence-electron chi connectivity index (χ3n) is 4.78. The molecule has 0 radical (unpaired) electrons. The Labute approximate surface area is 177 Å². The average molecular weight is 417 g/mol. The van der Waals surface area contributed by atoms with Crippen molar-refractivity contribution in [1.82, 2.24) is 19.2 Å². The molecule has 29 heavy (non-hydrogen) atoms. The lowest BCUT2D eigenvalue weighted by Crippen LogP contribution is -2.34. The number of ether oxygens (including phenoxy) is 1. The Morgan fingerprint density at radius 2 is 2.03 bits per heavy atom. The number of carbonyl (C=O) groups is 1. The molecule has 1 aromatic carbocycles. The van der Waals surface area contributed by atoms with Crippen molar-refractivity contribution in [2.45, 2.75) is 33.7 Å². The lowest BCUT2D eigenvalue weighted by Gasteiger charge is -2.26. The van der Waals surface area contributed by atoms with E-state index in [1.54, 1.807) is 12.0 Å². The first-order chi connectivity index (χ1) is 13.7. The minimum atomic E-state index is 0.0533. The van der Waals surface area contributed by atoms with Crippen LogP contribution in [0, 0.1) is 5.41 Å². The van der Waals surface area contributed by atoms with Crippen molar-refractivity contribution in [2.24, 2.45) is 5.41 Å². The molecule has 3 aromatic rings. The van der Waals surface area contributed by atoms with E-state index in [-0.39, 0.29) is 11.3 Å². The van der Waals surface area contributed by atoms with Crippen molar-refractivity contribution in [2.75, 3.05) is 40.9 Å². The number of fused-ring (bicyclic) bond motifs is 3. The van der Waals surface area contributed by atoms with Gasteiger partial charge in [0.2, 0.25) is 0 Å². The molecule has 3 rings (SSSR count). The van der Waals surface area contributed by atoms with E-state index in [1.807, 2.05) is 17.6 Å². The molecule has 0 aliphatic carbocycles. The second-order valence-electron chi connectivity index (χ2n) is 8.99. The molecule has 0 aliphatic heterocycles. The number of nitrogens with zero attached hydrogens (tertiary/aromatic N) is 4. The van der Waals surface area contributed by atoms with E-state index in [0.29, 0.717) is 6.54 Å². The molecule has 0 unspecified atom stereocenters. The molecule has 0 saturated heterocycles. The van der Waals surface area contributed by atoms with E-state index >= 15 is 0 Å². The summed E-state index contributed by atoms with van der Waals surface area (Å²) in [5.41, 5.74) is 3.32. The summed E-state index contributed by atoms with van der Waals surface area (Å²) >= 11 is 1.46. The van der Waals surface area contributed by atoms with Crippen LogP contribution in [0.1, 0.15) is 42.4 Å². The van der Waals surface area contributed by atoms with Gasteiger partial charge in [0.25, 0.3) is 5.91 Å². The minimum Gasteiger partial charge on any atom is -0.385 e. The topological polar surface area (TPSA) is 50.1 Å². The van der Waals surface area contributed by atoms with Crippen LogP contribution in [-0.4, -0.2) is 66.0 Å². The number of amides is 1. The largest absolute Gasteiger partial charge is 0.385 e. The van der Waals surface area contributed by atoms with Crippen LogP contribution in [0.5, 0.6) is 0 Å². The van der Waals surface area contributed by atoms with E-state index in [4.69, 9.17) is 9.72 Å². The Morgan fingerprint density at radius 1 is 1.28 bits per heavy atom. The van der Waals surface area contributed by atoms with Crippen molar-refractivity contribution in [3.05, 3.63) is 34.8 Å². The number of benzene rings is 1. The quantitative estimate of drug-likeness (QED) is 0.518. The van der Waals surface area contributed by atoms with Gasteiger partial charge < -0.3 is 14.5 Å². The summed E-state index contributed by atoms with van der Waals surface area (Å²) in [5.74, 6) is 0.0533. The van der Waals surface area contributed by atoms with Crippen molar-refractivity contribution < 1.29 is 9.53 Å². The van der Waals surface area contributed by atoms with Gasteiger partial charge in [-0.2, -0.15) is 0 Å². The van der Waals surface area contributed by atoms with Gasteiger partial charge in [-0.15, -0.1) is 0 Å². The molecule has 0 fully saturated rings. The maximum absolute atomic E-state index is 12.8. The van der Waals surface area contributed by atoms with E-state index in [2.05, 4.69) is 50.9 Å². The fraction of sp³-hybridized carbons (Fsp3) is 0.545. The number of rotatable bonds is 8. The van der Waals surface area contributed by atoms with Crippen LogP contribution in [0.4, 0.5) is 0 Å². The summed E-state index contributed by atoms with van der Waals surface area (Å²) < 4.78 is 7.18. The Kier molecular flexibility index (Phi) is 6.61. The smallest absolute Gasteiger partial charge is 0.265 e. The number of hydrogen-bond acceptors (Lipinski definition) is 5. The molecular formula is C22H32N4O2S. The summed E-state index contributed by atoms with van der Waals surface area (Å²) in [6.07, 6.45) is 2.95. The van der Waals surface area contributed by atoms with Gasteiger partial charge in [-0.3, -0.25) is 9.20 Å². The molecule has 158 valence electrons. The summed E-state index contributed by atoms with van der Waals surface area (Å²) in [6, 6.07) is 6.39. The van der Waals surface area contributed by atoms with Gasteiger partial charge in [0, 0.05) is 46.6 Å². The molecule has 0 bridgehead atoms. The molecule has 0 spiro atoms. The molecule has 2 heterocycles. The molecule has 2 aromatic heterocycles. The highest BCUT2D eigenvalue weighted by molar-refractivity contribution is 7.18. The van der Waals surface area contributed by atoms with Crippen LogP contribution in [-0.2, 0) is 11.3 Å². The third-order valence-corrected chi connectivity index (χ3v) is 5.75. The molecule has 0 aliphatic rings. The molecule has 6 nitrogen and oxygen atoms in total. The fourth-order valence-corrected chi connectivity index (χ4v) is 4.58. The summed E-state index contributed by atoms with van der Waals surface area (Å²) in [6.45, 7) is 9.77. The van der Waals surface area contributed by atoms with Crippen molar-refractivity contribution in [3.8, 4) is 0 Å². The molecule has 1 amide bonds. The highest BCUT2D eigenvalue weighted by Gasteiger charge is 2.21. The van der Waals surface area contributed by atoms with E-state index in [9.17, 15) is 4.79 Å². The maximum Gasteiger partial charge on any atom is 0.265 e. The van der Waals surface area contributed by atoms with Gasteiger partial charge in [0.1, 0.15) is 4.88 Å². The monoisotopic (exact) mass is 416 g/mol. The Balaban J connectivity index is 1.81. The number of hydrogen-bond donors (Lipinski definition) is 0. The highest BCUT2D eigenvalue weighted by atomic mass is 32.1. The fourth-order valence-electron chi connectivity index (χ4n) is 3.59. The summed E-state index contributed by atoms with van der Waals surface area (Å²) in [5, 5.41) is 0. The number of carbonyl (C=O) groups excluding carboxylic acids is 1. The number of methoxy groups -OCH3 is 1. The summed E-state index contributed by atoms with van der Waals surface area (Å²) in [4.78, 5) is 23.2. The maximum atomic E-state index is 12.8. The Morgan fingerprint density at radius 3 is 2.72 bits per heavy atom. The normalized spacial score (nSPS) is 12.4. The molecule has 0 N–H and O–H groups in total. The first kappa shape index (κ1) is 21.7. The van der Waals surface area contributed by atoms with Gasteiger partial charge >= 0.3 is 0 Å². The van der Waals surface area contributed by atoms with Crippen LogP contribution >= 0.6 is 11.3 Å². The van der Waals surface area contributed by atoms with Crippen molar-refractivity contribution in [3.63, 3.8) is 0 Å². The zero-order chi connectivity index (χ0) is 21.2. The first-order valence-electron chi connectivity index (χ1n) is 10.0. The van der Waals surface area contributed by atoms with Gasteiger partial charge in [0.15, 0.2) is 4.96 Å². The van der Waals surface area contributed by atoms with Crippen LogP contribution in [0.25, 0.3) is 16.0 Å². The minimum absolute atomic E-state index is 0.0533. The standard InChI is InChI=1S/C22H32N4O2S/c1-22(2,3)15-25(5)20(27)19-14-26-18-12-16(13-24(4)10-7-11-28-6)8-9-17(18)23-21(26)29-19/h8-9,12,14H,7,10-11,13,15H2,1-6H3. The lowest BCUT2D eigenvalue weighted by atomic mass is 9.96.